The maximum Gasteiger partial charge on any atom is 0.162 e. The Bertz CT molecular complexity index is 826. The van der Waals surface area contributed by atoms with Crippen molar-refractivity contribution in [3.05, 3.63) is 43.8 Å². The SMILES string of the molecule is COc1cc(Br)c(C[C@@H]2NCCc3c(Br)cc(OC)c(O)c32)cc1OC. The molecule has 2 aromatic rings. The second-order valence-corrected chi connectivity index (χ2v) is 7.77. The van der Waals surface area contributed by atoms with Crippen LogP contribution in [-0.4, -0.2) is 33.0 Å². The molecular weight excluding hydrogens is 466 g/mol. The van der Waals surface area contributed by atoms with Crippen LogP contribution in [0.1, 0.15) is 22.7 Å². The van der Waals surface area contributed by atoms with Gasteiger partial charge in [0.15, 0.2) is 23.0 Å². The average molecular weight is 487 g/mol. The van der Waals surface area contributed by atoms with Crippen molar-refractivity contribution in [2.75, 3.05) is 27.9 Å². The van der Waals surface area contributed by atoms with Crippen LogP contribution in [0.2, 0.25) is 0 Å². The van der Waals surface area contributed by atoms with Crippen molar-refractivity contribution in [3.63, 3.8) is 0 Å². The molecule has 0 unspecified atom stereocenters. The minimum absolute atomic E-state index is 0.0421. The summed E-state index contributed by atoms with van der Waals surface area (Å²) >= 11 is 7.23. The molecule has 0 spiro atoms. The van der Waals surface area contributed by atoms with Gasteiger partial charge in [-0.25, -0.2) is 0 Å². The largest absolute Gasteiger partial charge is 0.504 e. The summed E-state index contributed by atoms with van der Waals surface area (Å²) in [5, 5.41) is 14.2. The summed E-state index contributed by atoms with van der Waals surface area (Å²) in [6.07, 6.45) is 1.53. The smallest absolute Gasteiger partial charge is 0.162 e. The number of aromatic hydroxyl groups is 1. The number of hydrogen-bond acceptors (Lipinski definition) is 5. The maximum absolute atomic E-state index is 10.7. The zero-order chi connectivity index (χ0) is 18.8. The fourth-order valence-electron chi connectivity index (χ4n) is 3.38. The van der Waals surface area contributed by atoms with Gasteiger partial charge in [-0.1, -0.05) is 31.9 Å². The van der Waals surface area contributed by atoms with Crippen molar-refractivity contribution < 1.29 is 19.3 Å². The summed E-state index contributed by atoms with van der Waals surface area (Å²) in [5.74, 6) is 2.01. The summed E-state index contributed by atoms with van der Waals surface area (Å²) < 4.78 is 18.0. The van der Waals surface area contributed by atoms with Crippen LogP contribution in [0.5, 0.6) is 23.0 Å². The lowest BCUT2D eigenvalue weighted by Crippen LogP contribution is -2.31. The third-order valence-corrected chi connectivity index (χ3v) is 6.12. The molecule has 3 rings (SSSR count). The highest BCUT2D eigenvalue weighted by Gasteiger charge is 2.28. The molecule has 2 aromatic carbocycles. The van der Waals surface area contributed by atoms with Crippen LogP contribution in [0.25, 0.3) is 0 Å². The predicted octanol–water partition coefficient (Wildman–Crippen LogP) is 4.37. The monoisotopic (exact) mass is 485 g/mol. The van der Waals surface area contributed by atoms with Gasteiger partial charge in [0.2, 0.25) is 0 Å². The molecule has 1 aliphatic rings. The van der Waals surface area contributed by atoms with E-state index in [0.29, 0.717) is 23.7 Å². The average Bonchev–Trinajstić information content (AvgIpc) is 2.65. The van der Waals surface area contributed by atoms with E-state index in [1.54, 1.807) is 21.3 Å². The van der Waals surface area contributed by atoms with E-state index in [4.69, 9.17) is 14.2 Å². The number of fused-ring (bicyclic) bond motifs is 1. The Hall–Kier alpha value is -1.44. The highest BCUT2D eigenvalue weighted by molar-refractivity contribution is 9.10. The maximum atomic E-state index is 10.7. The van der Waals surface area contributed by atoms with Crippen molar-refractivity contribution >= 4 is 31.9 Å². The topological polar surface area (TPSA) is 60.0 Å². The Labute approximate surface area is 169 Å². The molecule has 1 atom stereocenters. The number of rotatable bonds is 5. The number of hydrogen-bond donors (Lipinski definition) is 2. The van der Waals surface area contributed by atoms with Crippen molar-refractivity contribution in [1.29, 1.82) is 0 Å². The van der Waals surface area contributed by atoms with Gasteiger partial charge in [-0.05, 0) is 48.7 Å². The third kappa shape index (κ3) is 3.52. The Balaban J connectivity index is 2.03. The first-order chi connectivity index (χ1) is 12.5. The Morgan fingerprint density at radius 3 is 2.27 bits per heavy atom. The first-order valence-electron chi connectivity index (χ1n) is 8.22. The van der Waals surface area contributed by atoms with Crippen molar-refractivity contribution in [2.24, 2.45) is 0 Å². The number of phenols is 1. The van der Waals surface area contributed by atoms with E-state index in [1.807, 2.05) is 18.2 Å². The molecular formula is C19H21Br2NO4. The highest BCUT2D eigenvalue weighted by atomic mass is 79.9. The molecule has 0 aromatic heterocycles. The van der Waals surface area contributed by atoms with E-state index < -0.39 is 0 Å². The summed E-state index contributed by atoms with van der Waals surface area (Å²) in [5.41, 5.74) is 3.05. The molecule has 7 heteroatoms. The Morgan fingerprint density at radius 2 is 1.62 bits per heavy atom. The molecule has 0 radical (unpaired) electrons. The van der Waals surface area contributed by atoms with E-state index in [1.165, 1.54) is 0 Å². The minimum Gasteiger partial charge on any atom is -0.504 e. The molecule has 0 amide bonds. The number of halogens is 2. The van der Waals surface area contributed by atoms with Crippen LogP contribution in [0.15, 0.2) is 27.1 Å². The third-order valence-electron chi connectivity index (χ3n) is 4.67. The lowest BCUT2D eigenvalue weighted by atomic mass is 9.89. The molecule has 2 N–H and O–H groups in total. The molecule has 0 bridgehead atoms. The number of nitrogens with one attached hydrogen (secondary N) is 1. The van der Waals surface area contributed by atoms with Crippen LogP contribution in [-0.2, 0) is 12.8 Å². The molecule has 140 valence electrons. The summed E-state index contributed by atoms with van der Waals surface area (Å²) in [6.45, 7) is 0.840. The highest BCUT2D eigenvalue weighted by Crippen LogP contribution is 2.44. The van der Waals surface area contributed by atoms with Gasteiger partial charge >= 0.3 is 0 Å². The normalized spacial score (nSPS) is 16.1. The summed E-state index contributed by atoms with van der Waals surface area (Å²) in [7, 11) is 4.80. The molecule has 0 aliphatic carbocycles. The van der Waals surface area contributed by atoms with Crippen LogP contribution in [0.3, 0.4) is 0 Å². The molecule has 0 saturated heterocycles. The molecule has 5 nitrogen and oxygen atoms in total. The van der Waals surface area contributed by atoms with Gasteiger partial charge in [0.1, 0.15) is 0 Å². The van der Waals surface area contributed by atoms with E-state index in [2.05, 4.69) is 37.2 Å². The van der Waals surface area contributed by atoms with E-state index >= 15 is 0 Å². The zero-order valence-electron chi connectivity index (χ0n) is 14.9. The van der Waals surface area contributed by atoms with Crippen LogP contribution < -0.4 is 19.5 Å². The molecule has 1 aliphatic heterocycles. The van der Waals surface area contributed by atoms with Gasteiger partial charge in [0, 0.05) is 20.6 Å². The Kier molecular flexibility index (Phi) is 5.99. The van der Waals surface area contributed by atoms with Crippen molar-refractivity contribution in [1.82, 2.24) is 5.32 Å². The fraction of sp³-hybridized carbons (Fsp3) is 0.368. The van der Waals surface area contributed by atoms with Gasteiger partial charge in [-0.2, -0.15) is 0 Å². The van der Waals surface area contributed by atoms with Crippen LogP contribution in [0.4, 0.5) is 0 Å². The molecule has 0 fully saturated rings. The van der Waals surface area contributed by atoms with Gasteiger partial charge in [-0.3, -0.25) is 0 Å². The van der Waals surface area contributed by atoms with Gasteiger partial charge in [-0.15, -0.1) is 0 Å². The number of benzene rings is 2. The number of ether oxygens (including phenoxy) is 3. The lowest BCUT2D eigenvalue weighted by molar-refractivity contribution is 0.353. The standard InChI is InChI=1S/C19H21Br2NO4/c1-24-15-7-10(12(20)8-16(15)25-2)6-14-18-11(4-5-22-14)13(21)9-17(26-3)19(18)23/h7-9,14,22-23H,4-6H2,1-3H3/t14-/m0/s1. The van der Waals surface area contributed by atoms with Crippen molar-refractivity contribution in [3.8, 4) is 23.0 Å². The lowest BCUT2D eigenvalue weighted by Gasteiger charge is -2.30. The summed E-state index contributed by atoms with van der Waals surface area (Å²) in [6, 6.07) is 5.65. The van der Waals surface area contributed by atoms with Gasteiger partial charge < -0.3 is 24.6 Å². The number of methoxy groups -OCH3 is 3. The summed E-state index contributed by atoms with van der Waals surface area (Å²) in [4.78, 5) is 0. The molecule has 1 heterocycles. The van der Waals surface area contributed by atoms with E-state index in [-0.39, 0.29) is 11.8 Å². The second-order valence-electron chi connectivity index (χ2n) is 6.06. The van der Waals surface area contributed by atoms with Crippen LogP contribution >= 0.6 is 31.9 Å². The van der Waals surface area contributed by atoms with E-state index in [0.717, 1.165) is 38.6 Å². The van der Waals surface area contributed by atoms with Gasteiger partial charge in [0.05, 0.1) is 21.3 Å². The Morgan fingerprint density at radius 1 is 1.00 bits per heavy atom. The first kappa shape index (κ1) is 19.3. The quantitative estimate of drug-likeness (QED) is 0.657. The molecule has 26 heavy (non-hydrogen) atoms. The molecule has 0 saturated carbocycles. The predicted molar refractivity (Wildman–Crippen MR) is 108 cm³/mol. The van der Waals surface area contributed by atoms with E-state index in [9.17, 15) is 5.11 Å². The number of phenolic OH excluding ortho intramolecular Hbond substituents is 1. The second kappa shape index (κ2) is 8.06. The first-order valence-corrected chi connectivity index (χ1v) is 9.80. The minimum atomic E-state index is -0.0421. The van der Waals surface area contributed by atoms with Crippen molar-refractivity contribution in [2.45, 2.75) is 18.9 Å². The van der Waals surface area contributed by atoms with Gasteiger partial charge in [0.25, 0.3) is 0 Å². The fourth-order valence-corrected chi connectivity index (χ4v) is 4.48. The zero-order valence-corrected chi connectivity index (χ0v) is 18.0. The van der Waals surface area contributed by atoms with Crippen LogP contribution in [0, 0.1) is 0 Å².